The molecule has 0 radical (unpaired) electrons. The number of nitrogens with one attached hydrogen (secondary N) is 1. The van der Waals surface area contributed by atoms with Gasteiger partial charge in [-0.15, -0.1) is 5.73 Å². The quantitative estimate of drug-likeness (QED) is 0.306. The average molecular weight is 330 g/mol. The molecule has 0 aromatic carbocycles. The van der Waals surface area contributed by atoms with E-state index in [0.29, 0.717) is 0 Å². The summed E-state index contributed by atoms with van der Waals surface area (Å²) in [5.74, 6) is 0. The predicted octanol–water partition coefficient (Wildman–Crippen LogP) is 5.52. The Morgan fingerprint density at radius 1 is 1.25 bits per heavy atom. The van der Waals surface area contributed by atoms with Crippen LogP contribution in [0.1, 0.15) is 46.0 Å². The van der Waals surface area contributed by atoms with Gasteiger partial charge in [0.15, 0.2) is 0 Å². The lowest BCUT2D eigenvalue weighted by Crippen LogP contribution is -2.08. The van der Waals surface area contributed by atoms with Crippen LogP contribution in [0, 0.1) is 0 Å². The number of rotatable bonds is 11. The maximum Gasteiger partial charge on any atom is 0.0674 e. The summed E-state index contributed by atoms with van der Waals surface area (Å²) in [5.41, 5.74) is 6.58. The van der Waals surface area contributed by atoms with Crippen molar-refractivity contribution in [2.75, 3.05) is 26.8 Å². The van der Waals surface area contributed by atoms with E-state index in [1.807, 2.05) is 25.3 Å². The van der Waals surface area contributed by atoms with Gasteiger partial charge in [0.2, 0.25) is 0 Å². The molecule has 2 heteroatoms. The Morgan fingerprint density at radius 2 is 2.04 bits per heavy atom. The van der Waals surface area contributed by atoms with E-state index in [0.717, 1.165) is 31.8 Å². The van der Waals surface area contributed by atoms with Gasteiger partial charge in [0.1, 0.15) is 0 Å². The van der Waals surface area contributed by atoms with Crippen molar-refractivity contribution < 1.29 is 4.74 Å². The molecule has 0 bridgehead atoms. The van der Waals surface area contributed by atoms with Gasteiger partial charge < -0.3 is 10.1 Å². The van der Waals surface area contributed by atoms with E-state index in [9.17, 15) is 0 Å². The maximum atomic E-state index is 5.43. The van der Waals surface area contributed by atoms with Crippen LogP contribution in [-0.4, -0.2) is 26.8 Å². The number of ether oxygens (including phenoxy) is 1. The lowest BCUT2D eigenvalue weighted by atomic mass is 10.2. The minimum absolute atomic E-state index is 0.753. The zero-order valence-electron chi connectivity index (χ0n) is 15.9. The molecule has 24 heavy (non-hydrogen) atoms. The van der Waals surface area contributed by atoms with Crippen molar-refractivity contribution in [3.8, 4) is 0 Å². The summed E-state index contributed by atoms with van der Waals surface area (Å²) in [6.07, 6.45) is 16.0. The van der Waals surface area contributed by atoms with E-state index in [1.165, 1.54) is 36.8 Å². The molecule has 0 atom stereocenters. The van der Waals surface area contributed by atoms with Gasteiger partial charge in [-0.3, -0.25) is 0 Å². The second-order valence-corrected chi connectivity index (χ2v) is 5.79. The van der Waals surface area contributed by atoms with Crippen molar-refractivity contribution in [2.24, 2.45) is 0 Å². The molecule has 0 spiro atoms. The molecule has 0 unspecified atom stereocenters. The molecule has 0 aromatic rings. The van der Waals surface area contributed by atoms with Crippen molar-refractivity contribution >= 4 is 0 Å². The number of hydrogen-bond donors (Lipinski definition) is 1. The molecule has 0 aliphatic heterocycles. The van der Waals surface area contributed by atoms with Gasteiger partial charge >= 0.3 is 0 Å². The van der Waals surface area contributed by atoms with Crippen molar-refractivity contribution in [1.29, 1.82) is 0 Å². The van der Waals surface area contributed by atoms with Crippen LogP contribution in [-0.2, 0) is 4.74 Å². The third-order valence-electron chi connectivity index (χ3n) is 3.57. The zero-order valence-corrected chi connectivity index (χ0v) is 15.9. The van der Waals surface area contributed by atoms with E-state index < -0.39 is 0 Å². The lowest BCUT2D eigenvalue weighted by molar-refractivity contribution is 0.150. The Kier molecular flexibility index (Phi) is 15.2. The molecular formula is C22H35NO. The molecule has 2 nitrogen and oxygen atoms in total. The van der Waals surface area contributed by atoms with Gasteiger partial charge in [0.05, 0.1) is 6.61 Å². The summed E-state index contributed by atoms with van der Waals surface area (Å²) in [6, 6.07) is 0. The molecule has 1 rings (SSSR count). The van der Waals surface area contributed by atoms with E-state index in [1.54, 1.807) is 6.08 Å². The highest BCUT2D eigenvalue weighted by Crippen LogP contribution is 2.05. The first kappa shape index (κ1) is 22.4. The van der Waals surface area contributed by atoms with E-state index >= 15 is 0 Å². The first-order chi connectivity index (χ1) is 11.7. The van der Waals surface area contributed by atoms with Crippen LogP contribution in [0.3, 0.4) is 0 Å². The molecular weight excluding hydrogens is 294 g/mol. The smallest absolute Gasteiger partial charge is 0.0674 e. The summed E-state index contributed by atoms with van der Waals surface area (Å²) in [6.45, 7) is 14.4. The van der Waals surface area contributed by atoms with Crippen molar-refractivity contribution in [3.63, 3.8) is 0 Å². The highest BCUT2D eigenvalue weighted by atomic mass is 16.5. The summed E-state index contributed by atoms with van der Waals surface area (Å²) in [4.78, 5) is 0. The second-order valence-electron chi connectivity index (χ2n) is 5.79. The van der Waals surface area contributed by atoms with Crippen LogP contribution in [0.25, 0.3) is 0 Å². The predicted molar refractivity (Wildman–Crippen MR) is 107 cm³/mol. The first-order valence-corrected chi connectivity index (χ1v) is 9.03. The van der Waals surface area contributed by atoms with Crippen LogP contribution in [0.15, 0.2) is 66.0 Å². The molecule has 134 valence electrons. The Labute approximate surface area is 149 Å². The Balaban J connectivity index is 0.000000441. The topological polar surface area (TPSA) is 21.3 Å². The van der Waals surface area contributed by atoms with Crippen molar-refractivity contribution in [3.05, 3.63) is 66.0 Å². The van der Waals surface area contributed by atoms with Crippen LogP contribution >= 0.6 is 0 Å². The highest BCUT2D eigenvalue weighted by Gasteiger charge is 1.92. The maximum absolute atomic E-state index is 5.43. The Morgan fingerprint density at radius 3 is 2.67 bits per heavy atom. The fraction of sp³-hybridized carbons (Fsp3) is 0.500. The van der Waals surface area contributed by atoms with Crippen LogP contribution in [0.2, 0.25) is 0 Å². The van der Waals surface area contributed by atoms with Gasteiger partial charge in [-0.25, -0.2) is 0 Å². The number of hydrogen-bond acceptors (Lipinski definition) is 2. The fourth-order valence-corrected chi connectivity index (χ4v) is 1.94. The Bertz CT molecular complexity index is 476. The third kappa shape index (κ3) is 12.9. The summed E-state index contributed by atoms with van der Waals surface area (Å²) >= 11 is 0. The van der Waals surface area contributed by atoms with Crippen LogP contribution in [0.4, 0.5) is 0 Å². The summed E-state index contributed by atoms with van der Waals surface area (Å²) in [7, 11) is 1.94. The first-order valence-electron chi connectivity index (χ1n) is 9.03. The van der Waals surface area contributed by atoms with E-state index in [4.69, 9.17) is 4.74 Å². The minimum atomic E-state index is 0.753. The van der Waals surface area contributed by atoms with Gasteiger partial charge in [0.25, 0.3) is 0 Å². The third-order valence-corrected chi connectivity index (χ3v) is 3.57. The van der Waals surface area contributed by atoms with Crippen molar-refractivity contribution in [1.82, 2.24) is 5.32 Å². The van der Waals surface area contributed by atoms with Gasteiger partial charge in [-0.2, -0.15) is 0 Å². The monoisotopic (exact) mass is 329 g/mol. The van der Waals surface area contributed by atoms with Gasteiger partial charge in [-0.1, -0.05) is 64.0 Å². The number of likely N-dealkylation sites (N-methyl/N-ethyl adjacent to an activating group) is 1. The SMILES string of the molecule is C=C(CC)COCCCCCC.C=CC1=C=CC=C(CNC)C=C1. The summed E-state index contributed by atoms with van der Waals surface area (Å²) < 4.78 is 5.43. The fourth-order valence-electron chi connectivity index (χ4n) is 1.94. The van der Waals surface area contributed by atoms with E-state index in [-0.39, 0.29) is 0 Å². The van der Waals surface area contributed by atoms with Gasteiger partial charge in [-0.05, 0) is 43.7 Å². The molecule has 1 aliphatic rings. The minimum Gasteiger partial charge on any atom is -0.377 e. The van der Waals surface area contributed by atoms with E-state index in [2.05, 4.69) is 44.1 Å². The molecule has 1 aliphatic carbocycles. The molecule has 0 saturated heterocycles. The lowest BCUT2D eigenvalue weighted by Gasteiger charge is -2.04. The highest BCUT2D eigenvalue weighted by molar-refractivity contribution is 5.39. The molecule has 0 heterocycles. The van der Waals surface area contributed by atoms with Crippen LogP contribution in [0.5, 0.6) is 0 Å². The average Bonchev–Trinajstić information content (AvgIpc) is 2.84. The molecule has 0 fully saturated rings. The Hall–Kier alpha value is -1.60. The number of unbranched alkanes of at least 4 members (excludes halogenated alkanes) is 3. The molecule has 0 saturated carbocycles. The number of allylic oxidation sites excluding steroid dienone is 4. The van der Waals surface area contributed by atoms with Gasteiger partial charge in [0, 0.05) is 18.7 Å². The molecule has 1 N–H and O–H groups in total. The van der Waals surface area contributed by atoms with Crippen molar-refractivity contribution in [2.45, 2.75) is 46.0 Å². The summed E-state index contributed by atoms with van der Waals surface area (Å²) in [5, 5.41) is 3.10. The van der Waals surface area contributed by atoms with Crippen LogP contribution < -0.4 is 5.32 Å². The second kappa shape index (κ2) is 16.3. The molecule has 0 amide bonds. The zero-order chi connectivity index (χ0) is 18.0. The normalized spacial score (nSPS) is 12.6. The standard InChI is InChI=1S/C11H13N.C11H22O/c1-3-10-5-4-6-11(8-7-10)9-12-2;1-4-6-7-8-9-12-10-11(3)5-2/h3-4,6-8,12H,1,9H2,2H3;3-10H2,1-2H3. The largest absolute Gasteiger partial charge is 0.377 e. The molecule has 0 aromatic heterocycles.